The van der Waals surface area contributed by atoms with Crippen LogP contribution in [0, 0.1) is 5.92 Å². The summed E-state index contributed by atoms with van der Waals surface area (Å²) in [4.78, 5) is 38.3. The highest BCUT2D eigenvalue weighted by Crippen LogP contribution is 2.44. The van der Waals surface area contributed by atoms with Gasteiger partial charge in [0.1, 0.15) is 12.6 Å². The minimum Gasteiger partial charge on any atom is -0.480 e. The molecule has 2 amide bonds. The average Bonchev–Trinajstić information content (AvgIpc) is 3.55. The maximum absolute atomic E-state index is 12.8. The van der Waals surface area contributed by atoms with Gasteiger partial charge in [0.15, 0.2) is 0 Å². The number of alkyl carbamates (subject to hydrolysis) is 1. The molecule has 33 heavy (non-hydrogen) atoms. The molecule has 2 N–H and O–H groups in total. The second kappa shape index (κ2) is 8.89. The monoisotopic (exact) mass is 448 g/mol. The van der Waals surface area contributed by atoms with Gasteiger partial charge in [-0.3, -0.25) is 4.79 Å². The molecule has 3 aliphatic rings. The number of carbonyl (C=O) groups excluding carboxylic acids is 2. The molecule has 1 heterocycles. The van der Waals surface area contributed by atoms with Crippen LogP contribution in [0.15, 0.2) is 48.5 Å². The summed E-state index contributed by atoms with van der Waals surface area (Å²) in [6.07, 6.45) is 2.61. The van der Waals surface area contributed by atoms with Gasteiger partial charge in [0.25, 0.3) is 0 Å². The van der Waals surface area contributed by atoms with E-state index in [9.17, 15) is 19.5 Å². The maximum Gasteiger partial charge on any atom is 0.407 e. The zero-order valence-corrected chi connectivity index (χ0v) is 18.4. The fourth-order valence-corrected chi connectivity index (χ4v) is 5.67. The number of nitrogens with one attached hydrogen (secondary N) is 1. The first-order chi connectivity index (χ1) is 16.0. The Morgan fingerprint density at radius 1 is 0.970 bits per heavy atom. The standard InChI is InChI=1S/C26H28N2O5/c29-24(28-13-5-10-23(28)25(30)31)16-11-12-17(14-16)27-26(32)33-15-22-20-8-3-1-6-18(20)19-7-2-4-9-21(19)22/h1-4,6-9,16-17,22-23H,5,10-15H2,(H,27,32)(H,30,31). The second-order valence-corrected chi connectivity index (χ2v) is 9.20. The molecular weight excluding hydrogens is 420 g/mol. The molecule has 0 radical (unpaired) electrons. The van der Waals surface area contributed by atoms with E-state index in [-0.39, 0.29) is 30.4 Å². The first-order valence-corrected chi connectivity index (χ1v) is 11.7. The fraction of sp³-hybridized carbons (Fsp3) is 0.423. The number of hydrogen-bond donors (Lipinski definition) is 2. The molecule has 0 spiro atoms. The Bertz CT molecular complexity index is 1040. The Labute approximate surface area is 192 Å². The lowest BCUT2D eigenvalue weighted by Gasteiger charge is -2.24. The summed E-state index contributed by atoms with van der Waals surface area (Å²) in [7, 11) is 0. The minimum absolute atomic E-state index is 0.00386. The molecule has 3 unspecified atom stereocenters. The van der Waals surface area contributed by atoms with E-state index < -0.39 is 18.1 Å². The van der Waals surface area contributed by atoms with Crippen LogP contribution in [0.5, 0.6) is 0 Å². The van der Waals surface area contributed by atoms with E-state index in [0.717, 1.165) is 17.5 Å². The zero-order chi connectivity index (χ0) is 22.9. The normalized spacial score (nSPS) is 23.8. The van der Waals surface area contributed by atoms with Crippen LogP contribution in [0.2, 0.25) is 0 Å². The quantitative estimate of drug-likeness (QED) is 0.726. The Hall–Kier alpha value is -3.35. The van der Waals surface area contributed by atoms with Crippen molar-refractivity contribution in [1.82, 2.24) is 10.2 Å². The SMILES string of the molecule is O=C(NC1CCC(C(=O)N2CCCC2C(=O)O)C1)OCC1c2ccccc2-c2ccccc21. The highest BCUT2D eigenvalue weighted by molar-refractivity contribution is 5.86. The van der Waals surface area contributed by atoms with Crippen molar-refractivity contribution in [3.63, 3.8) is 0 Å². The molecule has 3 atom stereocenters. The summed E-state index contributed by atoms with van der Waals surface area (Å²) in [5.41, 5.74) is 4.69. The lowest BCUT2D eigenvalue weighted by Crippen LogP contribution is -2.43. The van der Waals surface area contributed by atoms with Crippen molar-refractivity contribution in [1.29, 1.82) is 0 Å². The van der Waals surface area contributed by atoms with Gasteiger partial charge in [-0.05, 0) is 54.4 Å². The number of carboxylic acids is 1. The van der Waals surface area contributed by atoms with Crippen LogP contribution in [0.3, 0.4) is 0 Å². The summed E-state index contributed by atoms with van der Waals surface area (Å²) in [6.45, 7) is 0.750. The second-order valence-electron chi connectivity index (χ2n) is 9.20. The molecule has 2 aliphatic carbocycles. The molecule has 2 aromatic rings. The van der Waals surface area contributed by atoms with Gasteiger partial charge in [-0.1, -0.05) is 48.5 Å². The first kappa shape index (κ1) is 21.5. The largest absolute Gasteiger partial charge is 0.480 e. The lowest BCUT2D eigenvalue weighted by atomic mass is 9.98. The summed E-state index contributed by atoms with van der Waals surface area (Å²) >= 11 is 0. The molecule has 1 aliphatic heterocycles. The molecule has 7 heteroatoms. The predicted octanol–water partition coefficient (Wildman–Crippen LogP) is 3.77. The number of nitrogens with zero attached hydrogens (tertiary/aromatic N) is 1. The van der Waals surface area contributed by atoms with Gasteiger partial charge < -0.3 is 20.1 Å². The van der Waals surface area contributed by atoms with E-state index in [2.05, 4.69) is 29.6 Å². The van der Waals surface area contributed by atoms with Crippen molar-refractivity contribution in [2.75, 3.05) is 13.2 Å². The maximum atomic E-state index is 12.8. The van der Waals surface area contributed by atoms with Crippen LogP contribution < -0.4 is 5.32 Å². The van der Waals surface area contributed by atoms with Gasteiger partial charge in [-0.2, -0.15) is 0 Å². The number of amides is 2. The number of benzene rings is 2. The highest BCUT2D eigenvalue weighted by atomic mass is 16.5. The molecule has 2 aromatic carbocycles. The number of fused-ring (bicyclic) bond motifs is 3. The van der Waals surface area contributed by atoms with Crippen molar-refractivity contribution >= 4 is 18.0 Å². The van der Waals surface area contributed by atoms with Gasteiger partial charge in [-0.15, -0.1) is 0 Å². The van der Waals surface area contributed by atoms with Crippen molar-refractivity contribution in [2.45, 2.75) is 50.1 Å². The third-order valence-corrected chi connectivity index (χ3v) is 7.27. The molecule has 1 saturated heterocycles. The van der Waals surface area contributed by atoms with Crippen molar-refractivity contribution in [3.8, 4) is 11.1 Å². The van der Waals surface area contributed by atoms with Gasteiger partial charge in [0.05, 0.1) is 0 Å². The summed E-state index contributed by atoms with van der Waals surface area (Å²) < 4.78 is 5.62. The number of rotatable bonds is 5. The fourth-order valence-electron chi connectivity index (χ4n) is 5.67. The topological polar surface area (TPSA) is 95.9 Å². The molecule has 0 bridgehead atoms. The Kier molecular flexibility index (Phi) is 5.79. The lowest BCUT2D eigenvalue weighted by molar-refractivity contribution is -0.149. The van der Waals surface area contributed by atoms with Crippen LogP contribution in [0.1, 0.15) is 49.1 Å². The van der Waals surface area contributed by atoms with Crippen molar-refractivity contribution < 1.29 is 24.2 Å². The molecule has 5 rings (SSSR count). The molecular formula is C26H28N2O5. The number of ether oxygens (including phenoxy) is 1. The Balaban J connectivity index is 1.16. The van der Waals surface area contributed by atoms with Crippen LogP contribution >= 0.6 is 0 Å². The molecule has 2 fully saturated rings. The molecule has 7 nitrogen and oxygen atoms in total. The smallest absolute Gasteiger partial charge is 0.407 e. The summed E-state index contributed by atoms with van der Waals surface area (Å²) in [5, 5.41) is 12.3. The molecule has 0 aromatic heterocycles. The number of aliphatic carboxylic acids is 1. The van der Waals surface area contributed by atoms with Gasteiger partial charge in [0, 0.05) is 24.4 Å². The van der Waals surface area contributed by atoms with Crippen molar-refractivity contribution in [2.24, 2.45) is 5.92 Å². The van der Waals surface area contributed by atoms with E-state index in [1.165, 1.54) is 16.0 Å². The minimum atomic E-state index is -0.938. The Morgan fingerprint density at radius 3 is 2.30 bits per heavy atom. The first-order valence-electron chi connectivity index (χ1n) is 11.7. The Morgan fingerprint density at radius 2 is 1.64 bits per heavy atom. The van der Waals surface area contributed by atoms with Gasteiger partial charge in [0.2, 0.25) is 5.91 Å². The van der Waals surface area contributed by atoms with Crippen molar-refractivity contribution in [3.05, 3.63) is 59.7 Å². The van der Waals surface area contributed by atoms with E-state index in [1.54, 1.807) is 0 Å². The molecule has 172 valence electrons. The zero-order valence-electron chi connectivity index (χ0n) is 18.4. The molecule has 1 saturated carbocycles. The summed E-state index contributed by atoms with van der Waals surface area (Å²) in [5.74, 6) is -1.28. The number of carbonyl (C=O) groups is 3. The van der Waals surface area contributed by atoms with Gasteiger partial charge >= 0.3 is 12.1 Å². The van der Waals surface area contributed by atoms with E-state index >= 15 is 0 Å². The van der Waals surface area contributed by atoms with Crippen LogP contribution in [0.4, 0.5) is 4.79 Å². The highest BCUT2D eigenvalue weighted by Gasteiger charge is 2.40. The van der Waals surface area contributed by atoms with E-state index in [0.29, 0.717) is 32.2 Å². The third kappa shape index (κ3) is 4.08. The summed E-state index contributed by atoms with van der Waals surface area (Å²) in [6, 6.07) is 15.5. The third-order valence-electron chi connectivity index (χ3n) is 7.27. The van der Waals surface area contributed by atoms with Crippen LogP contribution in [-0.4, -0.2) is 53.2 Å². The average molecular weight is 449 g/mol. The van der Waals surface area contributed by atoms with E-state index in [4.69, 9.17) is 4.74 Å². The number of hydrogen-bond acceptors (Lipinski definition) is 4. The van der Waals surface area contributed by atoms with Crippen LogP contribution in [-0.2, 0) is 14.3 Å². The number of likely N-dealkylation sites (tertiary alicyclic amines) is 1. The van der Waals surface area contributed by atoms with E-state index in [1.807, 2.05) is 24.3 Å². The van der Waals surface area contributed by atoms with Gasteiger partial charge in [-0.25, -0.2) is 9.59 Å². The van der Waals surface area contributed by atoms with Crippen LogP contribution in [0.25, 0.3) is 11.1 Å². The predicted molar refractivity (Wildman–Crippen MR) is 122 cm³/mol. The number of carboxylic acid groups (broad SMARTS) is 1.